The molecular formula is C21H17N7O3. The van der Waals surface area contributed by atoms with Crippen LogP contribution in [0.4, 0.5) is 0 Å². The molecule has 0 radical (unpaired) electrons. The van der Waals surface area contributed by atoms with Crippen LogP contribution in [0.1, 0.15) is 11.5 Å². The summed E-state index contributed by atoms with van der Waals surface area (Å²) in [6, 6.07) is 10.6. The minimum Gasteiger partial charge on any atom is -0.377 e. The molecule has 0 unspecified atom stereocenters. The Morgan fingerprint density at radius 3 is 2.58 bits per heavy atom. The van der Waals surface area contributed by atoms with Crippen LogP contribution in [0.5, 0.6) is 0 Å². The molecule has 0 saturated carbocycles. The lowest BCUT2D eigenvalue weighted by Gasteiger charge is -2.08. The van der Waals surface area contributed by atoms with E-state index in [2.05, 4.69) is 25.1 Å². The SMILES string of the molecule is COCc1nc(-n2ccc3nc4ccn(Cc5ccccn5)c(=O)c4cc3c2=O)n[nH]1. The minimum atomic E-state index is -0.366. The summed E-state index contributed by atoms with van der Waals surface area (Å²) >= 11 is 0. The quantitative estimate of drug-likeness (QED) is 0.431. The molecule has 5 aromatic rings. The standard InChI is InChI=1S/C21H17N7O3/c1-31-12-18-24-21(26-25-18)28-9-6-17-15(20(28)30)10-14-16(23-17)5-8-27(19(14)29)11-13-4-2-3-7-22-13/h2-10H,11-12H2,1H3,(H,24,25,26). The monoisotopic (exact) mass is 415 g/mol. The van der Waals surface area contributed by atoms with Crippen LogP contribution in [-0.4, -0.2) is 41.4 Å². The van der Waals surface area contributed by atoms with Crippen LogP contribution in [0.3, 0.4) is 0 Å². The van der Waals surface area contributed by atoms with E-state index in [0.717, 1.165) is 5.69 Å². The number of H-pyrrole nitrogens is 1. The molecule has 0 aliphatic carbocycles. The molecule has 0 aromatic carbocycles. The first kappa shape index (κ1) is 18.8. The molecular weight excluding hydrogens is 398 g/mol. The number of ether oxygens (including phenoxy) is 1. The third-order valence-electron chi connectivity index (χ3n) is 4.89. The van der Waals surface area contributed by atoms with Crippen molar-refractivity contribution < 1.29 is 4.74 Å². The fraction of sp³-hybridized carbons (Fsp3) is 0.143. The van der Waals surface area contributed by atoms with Crippen LogP contribution >= 0.6 is 0 Å². The summed E-state index contributed by atoms with van der Waals surface area (Å²) in [5.74, 6) is 0.693. The zero-order valence-electron chi connectivity index (χ0n) is 16.5. The fourth-order valence-electron chi connectivity index (χ4n) is 3.41. The van der Waals surface area contributed by atoms with E-state index in [1.807, 2.05) is 18.2 Å². The maximum atomic E-state index is 13.1. The number of fused-ring (bicyclic) bond motifs is 2. The Hall–Kier alpha value is -4.18. The smallest absolute Gasteiger partial charge is 0.267 e. The first-order valence-corrected chi connectivity index (χ1v) is 9.50. The van der Waals surface area contributed by atoms with Crippen molar-refractivity contribution in [3.8, 4) is 5.95 Å². The highest BCUT2D eigenvalue weighted by Crippen LogP contribution is 2.15. The van der Waals surface area contributed by atoms with E-state index in [1.54, 1.807) is 48.5 Å². The summed E-state index contributed by atoms with van der Waals surface area (Å²) < 4.78 is 7.87. The predicted molar refractivity (Wildman–Crippen MR) is 113 cm³/mol. The van der Waals surface area contributed by atoms with E-state index in [9.17, 15) is 9.59 Å². The van der Waals surface area contributed by atoms with Gasteiger partial charge in [-0.05, 0) is 30.3 Å². The second-order valence-electron chi connectivity index (χ2n) is 6.93. The summed E-state index contributed by atoms with van der Waals surface area (Å²) in [7, 11) is 1.54. The van der Waals surface area contributed by atoms with Gasteiger partial charge in [0.25, 0.3) is 17.1 Å². The second kappa shape index (κ2) is 7.58. The molecule has 0 bridgehead atoms. The fourth-order valence-corrected chi connectivity index (χ4v) is 3.41. The highest BCUT2D eigenvalue weighted by molar-refractivity contribution is 5.91. The highest BCUT2D eigenvalue weighted by atomic mass is 16.5. The molecule has 5 aromatic heterocycles. The number of aromatic nitrogens is 7. The number of nitrogens with zero attached hydrogens (tertiary/aromatic N) is 6. The van der Waals surface area contributed by atoms with E-state index < -0.39 is 0 Å². The maximum absolute atomic E-state index is 13.1. The first-order valence-electron chi connectivity index (χ1n) is 9.50. The van der Waals surface area contributed by atoms with Crippen molar-refractivity contribution in [2.24, 2.45) is 0 Å². The highest BCUT2D eigenvalue weighted by Gasteiger charge is 2.13. The summed E-state index contributed by atoms with van der Waals surface area (Å²) in [6.45, 7) is 0.573. The Bertz CT molecular complexity index is 1520. The van der Waals surface area contributed by atoms with Gasteiger partial charge in [-0.1, -0.05) is 6.07 Å². The van der Waals surface area contributed by atoms with E-state index in [0.29, 0.717) is 34.2 Å². The van der Waals surface area contributed by atoms with Gasteiger partial charge in [0, 0.05) is 25.7 Å². The van der Waals surface area contributed by atoms with Gasteiger partial charge in [-0.15, -0.1) is 5.10 Å². The Kier molecular flexibility index (Phi) is 4.60. The third kappa shape index (κ3) is 3.38. The van der Waals surface area contributed by atoms with Gasteiger partial charge in [-0.25, -0.2) is 9.55 Å². The zero-order chi connectivity index (χ0) is 21.4. The average Bonchev–Trinajstić information content (AvgIpc) is 3.25. The minimum absolute atomic E-state index is 0.194. The van der Waals surface area contributed by atoms with Crippen LogP contribution in [0.15, 0.2) is 64.6 Å². The van der Waals surface area contributed by atoms with Crippen molar-refractivity contribution in [2.75, 3.05) is 7.11 Å². The molecule has 0 atom stereocenters. The van der Waals surface area contributed by atoms with Crippen LogP contribution < -0.4 is 11.1 Å². The molecule has 0 fully saturated rings. The lowest BCUT2D eigenvalue weighted by molar-refractivity contribution is 0.178. The van der Waals surface area contributed by atoms with Gasteiger partial charge in [-0.2, -0.15) is 4.98 Å². The van der Waals surface area contributed by atoms with E-state index in [4.69, 9.17) is 4.74 Å². The molecule has 0 aliphatic rings. The molecule has 10 nitrogen and oxygen atoms in total. The lowest BCUT2D eigenvalue weighted by Crippen LogP contribution is -2.22. The van der Waals surface area contributed by atoms with Crippen molar-refractivity contribution >= 4 is 21.8 Å². The third-order valence-corrected chi connectivity index (χ3v) is 4.89. The van der Waals surface area contributed by atoms with Crippen molar-refractivity contribution in [3.05, 3.63) is 87.2 Å². The number of rotatable bonds is 5. The molecule has 1 N–H and O–H groups in total. The van der Waals surface area contributed by atoms with Crippen LogP contribution in [0, 0.1) is 0 Å². The summed E-state index contributed by atoms with van der Waals surface area (Å²) in [5, 5.41) is 7.46. The van der Waals surface area contributed by atoms with Crippen molar-refractivity contribution in [3.63, 3.8) is 0 Å². The molecule has 0 aliphatic heterocycles. The molecule has 154 valence electrons. The molecule has 0 saturated heterocycles. The Morgan fingerprint density at radius 1 is 1.00 bits per heavy atom. The number of hydrogen-bond acceptors (Lipinski definition) is 7. The number of hydrogen-bond donors (Lipinski definition) is 1. The molecule has 0 spiro atoms. The van der Waals surface area contributed by atoms with Gasteiger partial charge in [0.1, 0.15) is 6.61 Å². The van der Waals surface area contributed by atoms with Gasteiger partial charge in [-0.3, -0.25) is 19.7 Å². The number of nitrogens with one attached hydrogen (secondary N) is 1. The van der Waals surface area contributed by atoms with E-state index in [1.165, 1.54) is 4.57 Å². The number of methoxy groups -OCH3 is 1. The van der Waals surface area contributed by atoms with Crippen molar-refractivity contribution in [1.29, 1.82) is 0 Å². The summed E-state index contributed by atoms with van der Waals surface area (Å²) in [6.07, 6.45) is 4.93. The molecule has 31 heavy (non-hydrogen) atoms. The molecule has 0 amide bonds. The Morgan fingerprint density at radius 2 is 1.81 bits per heavy atom. The van der Waals surface area contributed by atoms with Gasteiger partial charge < -0.3 is 9.30 Å². The van der Waals surface area contributed by atoms with E-state index in [-0.39, 0.29) is 23.7 Å². The molecule has 10 heteroatoms. The molecule has 5 heterocycles. The Balaban J connectivity index is 1.64. The van der Waals surface area contributed by atoms with Crippen molar-refractivity contribution in [1.82, 2.24) is 34.3 Å². The largest absolute Gasteiger partial charge is 0.377 e. The maximum Gasteiger partial charge on any atom is 0.267 e. The van der Waals surface area contributed by atoms with Crippen molar-refractivity contribution in [2.45, 2.75) is 13.2 Å². The first-order chi connectivity index (χ1) is 15.1. The Labute approximate surface area is 174 Å². The lowest BCUT2D eigenvalue weighted by atomic mass is 10.2. The number of pyridine rings is 4. The average molecular weight is 415 g/mol. The number of aromatic amines is 1. The predicted octanol–water partition coefficient (Wildman–Crippen LogP) is 1.41. The topological polar surface area (TPSA) is 121 Å². The van der Waals surface area contributed by atoms with Crippen LogP contribution in [0.2, 0.25) is 0 Å². The van der Waals surface area contributed by atoms with Crippen LogP contribution in [-0.2, 0) is 17.9 Å². The van der Waals surface area contributed by atoms with E-state index >= 15 is 0 Å². The van der Waals surface area contributed by atoms with Gasteiger partial charge in [0.15, 0.2) is 5.82 Å². The second-order valence-corrected chi connectivity index (χ2v) is 6.93. The zero-order valence-corrected chi connectivity index (χ0v) is 16.5. The van der Waals surface area contributed by atoms with Gasteiger partial charge >= 0.3 is 0 Å². The van der Waals surface area contributed by atoms with Gasteiger partial charge in [0.05, 0.1) is 34.0 Å². The molecule has 5 rings (SSSR count). The van der Waals surface area contributed by atoms with Crippen LogP contribution in [0.25, 0.3) is 27.8 Å². The summed E-state index contributed by atoms with van der Waals surface area (Å²) in [5.41, 5.74) is 1.16. The van der Waals surface area contributed by atoms with Gasteiger partial charge in [0.2, 0.25) is 0 Å². The normalized spacial score (nSPS) is 11.4. The summed E-state index contributed by atoms with van der Waals surface area (Å²) in [4.78, 5) is 39.2.